The van der Waals surface area contributed by atoms with E-state index < -0.39 is 0 Å². The van der Waals surface area contributed by atoms with E-state index in [0.717, 1.165) is 30.5 Å². The zero-order valence-corrected chi connectivity index (χ0v) is 13.2. The lowest BCUT2D eigenvalue weighted by molar-refractivity contribution is 0.781. The predicted octanol–water partition coefficient (Wildman–Crippen LogP) is 4.42. The van der Waals surface area contributed by atoms with E-state index in [0.29, 0.717) is 0 Å². The van der Waals surface area contributed by atoms with Gasteiger partial charge in [-0.05, 0) is 39.2 Å². The summed E-state index contributed by atoms with van der Waals surface area (Å²) in [5, 5.41) is 3.34. The molecule has 0 heterocycles. The van der Waals surface area contributed by atoms with Crippen molar-refractivity contribution in [2.45, 2.75) is 59.9 Å². The summed E-state index contributed by atoms with van der Waals surface area (Å²) in [5.41, 5.74) is 10.2. The van der Waals surface area contributed by atoms with Crippen molar-refractivity contribution < 1.29 is 0 Å². The van der Waals surface area contributed by atoms with Gasteiger partial charge in [0.05, 0.1) is 6.04 Å². The van der Waals surface area contributed by atoms with Crippen LogP contribution < -0.4 is 11.1 Å². The van der Waals surface area contributed by atoms with Crippen LogP contribution in [0.25, 0.3) is 0 Å². The highest BCUT2D eigenvalue weighted by molar-refractivity contribution is 5.35. The Morgan fingerprint density at radius 3 is 2.37 bits per heavy atom. The molecule has 1 unspecified atom stereocenters. The lowest BCUT2D eigenvalue weighted by Crippen LogP contribution is -2.26. The molecule has 0 rings (SSSR count). The van der Waals surface area contributed by atoms with Gasteiger partial charge in [-0.15, -0.1) is 0 Å². The van der Waals surface area contributed by atoms with Gasteiger partial charge in [-0.3, -0.25) is 0 Å². The molecule has 0 aliphatic rings. The summed E-state index contributed by atoms with van der Waals surface area (Å²) in [4.78, 5) is 0. The highest BCUT2D eigenvalue weighted by atomic mass is 14.9. The molecule has 0 saturated heterocycles. The number of nitrogens with two attached hydrogens (primary N) is 1. The molecule has 2 heteroatoms. The maximum Gasteiger partial charge on any atom is 0.0692 e. The molecule has 0 bridgehead atoms. The summed E-state index contributed by atoms with van der Waals surface area (Å²) >= 11 is 0. The molecule has 0 aliphatic heterocycles. The maximum atomic E-state index is 5.69. The predicted molar refractivity (Wildman–Crippen MR) is 86.7 cm³/mol. The molecule has 0 aromatic rings. The largest absolute Gasteiger partial charge is 0.401 e. The summed E-state index contributed by atoms with van der Waals surface area (Å²) in [7, 11) is 0. The SMILES string of the molecule is C=C(/C(C)=C\CCC)C(/C=C(\C)CC)N/C=C(\C)N. The Morgan fingerprint density at radius 1 is 1.26 bits per heavy atom. The smallest absolute Gasteiger partial charge is 0.0692 e. The molecule has 0 spiro atoms. The fourth-order valence-electron chi connectivity index (χ4n) is 1.61. The van der Waals surface area contributed by atoms with Crippen LogP contribution >= 0.6 is 0 Å². The standard InChI is InChI=1S/C17H30N2/c1-7-9-10-14(4)16(6)17(11-13(3)8-2)19-12-15(5)18/h10-12,17,19H,6-9,18H2,1-5H3/b13-11+,14-10-,15-12+. The van der Waals surface area contributed by atoms with Crippen LogP contribution in [-0.2, 0) is 0 Å². The topological polar surface area (TPSA) is 38.0 Å². The Labute approximate surface area is 119 Å². The second kappa shape index (κ2) is 9.48. The second-order valence-electron chi connectivity index (χ2n) is 5.10. The van der Waals surface area contributed by atoms with Gasteiger partial charge in [0.15, 0.2) is 0 Å². The van der Waals surface area contributed by atoms with Crippen molar-refractivity contribution in [2.75, 3.05) is 0 Å². The number of hydrogen-bond donors (Lipinski definition) is 2. The van der Waals surface area contributed by atoms with Gasteiger partial charge in [-0.2, -0.15) is 0 Å². The maximum absolute atomic E-state index is 5.69. The van der Waals surface area contributed by atoms with Gasteiger partial charge in [-0.25, -0.2) is 0 Å². The Hall–Kier alpha value is -1.44. The lowest BCUT2D eigenvalue weighted by Gasteiger charge is -2.19. The summed E-state index contributed by atoms with van der Waals surface area (Å²) in [6.07, 6.45) is 9.64. The normalized spacial score (nSPS) is 15.3. The van der Waals surface area contributed by atoms with E-state index in [2.05, 4.69) is 51.7 Å². The third kappa shape index (κ3) is 7.55. The van der Waals surface area contributed by atoms with Gasteiger partial charge in [0, 0.05) is 11.9 Å². The first-order valence-corrected chi connectivity index (χ1v) is 7.13. The Balaban J connectivity index is 5.02. The van der Waals surface area contributed by atoms with Crippen LogP contribution in [0.15, 0.2) is 47.3 Å². The van der Waals surface area contributed by atoms with Crippen LogP contribution in [0.1, 0.15) is 53.9 Å². The second-order valence-corrected chi connectivity index (χ2v) is 5.10. The van der Waals surface area contributed by atoms with E-state index in [1.807, 2.05) is 13.1 Å². The van der Waals surface area contributed by atoms with Gasteiger partial charge in [-0.1, -0.05) is 50.1 Å². The fraction of sp³-hybridized carbons (Fsp3) is 0.529. The van der Waals surface area contributed by atoms with Crippen LogP contribution in [0.3, 0.4) is 0 Å². The molecule has 108 valence electrons. The van der Waals surface area contributed by atoms with Gasteiger partial charge >= 0.3 is 0 Å². The molecule has 19 heavy (non-hydrogen) atoms. The van der Waals surface area contributed by atoms with Crippen LogP contribution in [0.2, 0.25) is 0 Å². The fourth-order valence-corrected chi connectivity index (χ4v) is 1.61. The van der Waals surface area contributed by atoms with Gasteiger partial charge in [0.25, 0.3) is 0 Å². The number of unbranched alkanes of at least 4 members (excludes halogenated alkanes) is 1. The highest BCUT2D eigenvalue weighted by Gasteiger charge is 2.09. The van der Waals surface area contributed by atoms with Crippen LogP contribution in [0, 0.1) is 0 Å². The van der Waals surface area contributed by atoms with Crippen molar-refractivity contribution in [3.8, 4) is 0 Å². The van der Waals surface area contributed by atoms with Crippen molar-refractivity contribution in [1.29, 1.82) is 0 Å². The lowest BCUT2D eigenvalue weighted by atomic mass is 9.98. The third-order valence-corrected chi connectivity index (χ3v) is 3.12. The molecule has 0 aromatic heterocycles. The zero-order chi connectivity index (χ0) is 14.8. The summed E-state index contributed by atoms with van der Waals surface area (Å²) in [6.45, 7) is 14.7. The van der Waals surface area contributed by atoms with Gasteiger partial charge < -0.3 is 11.1 Å². The highest BCUT2D eigenvalue weighted by Crippen LogP contribution is 2.16. The molecule has 0 aromatic carbocycles. The van der Waals surface area contributed by atoms with Crippen molar-refractivity contribution in [2.24, 2.45) is 5.73 Å². The van der Waals surface area contributed by atoms with E-state index >= 15 is 0 Å². The molecule has 0 amide bonds. The van der Waals surface area contributed by atoms with E-state index in [1.165, 1.54) is 11.1 Å². The van der Waals surface area contributed by atoms with Gasteiger partial charge in [0.2, 0.25) is 0 Å². The molecule has 3 N–H and O–H groups in total. The van der Waals surface area contributed by atoms with Crippen molar-refractivity contribution >= 4 is 0 Å². The molecule has 0 saturated carbocycles. The molecule has 0 fully saturated rings. The van der Waals surface area contributed by atoms with Crippen LogP contribution in [-0.4, -0.2) is 6.04 Å². The first-order valence-electron chi connectivity index (χ1n) is 7.13. The average molecular weight is 262 g/mol. The minimum absolute atomic E-state index is 0.117. The molecule has 2 nitrogen and oxygen atoms in total. The van der Waals surface area contributed by atoms with Crippen LogP contribution in [0.4, 0.5) is 0 Å². The van der Waals surface area contributed by atoms with Crippen molar-refractivity contribution in [3.63, 3.8) is 0 Å². The zero-order valence-electron chi connectivity index (χ0n) is 13.2. The van der Waals surface area contributed by atoms with Crippen LogP contribution in [0.5, 0.6) is 0 Å². The van der Waals surface area contributed by atoms with E-state index in [4.69, 9.17) is 5.73 Å². The molecule has 0 aliphatic carbocycles. The molecular formula is C17H30N2. The monoisotopic (exact) mass is 262 g/mol. The van der Waals surface area contributed by atoms with Crippen molar-refractivity contribution in [1.82, 2.24) is 5.32 Å². The van der Waals surface area contributed by atoms with E-state index in [1.54, 1.807) is 0 Å². The third-order valence-electron chi connectivity index (χ3n) is 3.12. The Morgan fingerprint density at radius 2 is 1.89 bits per heavy atom. The number of allylic oxidation sites excluding steroid dienone is 3. The van der Waals surface area contributed by atoms with E-state index in [-0.39, 0.29) is 6.04 Å². The number of hydrogen-bond acceptors (Lipinski definition) is 2. The quantitative estimate of drug-likeness (QED) is 0.502. The Bertz CT molecular complexity index is 369. The molecular weight excluding hydrogens is 232 g/mol. The average Bonchev–Trinajstić information content (AvgIpc) is 2.39. The van der Waals surface area contributed by atoms with E-state index in [9.17, 15) is 0 Å². The minimum Gasteiger partial charge on any atom is -0.401 e. The van der Waals surface area contributed by atoms with Crippen molar-refractivity contribution in [3.05, 3.63) is 47.3 Å². The minimum atomic E-state index is 0.117. The summed E-state index contributed by atoms with van der Waals surface area (Å²) in [6, 6.07) is 0.117. The van der Waals surface area contributed by atoms with Gasteiger partial charge in [0.1, 0.15) is 0 Å². The number of rotatable bonds is 8. The number of nitrogens with one attached hydrogen (secondary N) is 1. The molecule has 0 radical (unpaired) electrons. The first-order chi connectivity index (χ1) is 8.92. The molecule has 1 atom stereocenters. The summed E-state index contributed by atoms with van der Waals surface area (Å²) in [5.74, 6) is 0. The first kappa shape index (κ1) is 17.6. The summed E-state index contributed by atoms with van der Waals surface area (Å²) < 4.78 is 0. The Kier molecular flexibility index (Phi) is 8.77.